The van der Waals surface area contributed by atoms with Gasteiger partial charge in [0.2, 0.25) is 0 Å². The molecule has 0 fully saturated rings. The van der Waals surface area contributed by atoms with Gasteiger partial charge in [0.1, 0.15) is 5.01 Å². The van der Waals surface area contributed by atoms with Gasteiger partial charge in [0.05, 0.1) is 24.0 Å². The van der Waals surface area contributed by atoms with Crippen LogP contribution in [0.25, 0.3) is 0 Å². The molecule has 6 heteroatoms. The van der Waals surface area contributed by atoms with E-state index >= 15 is 0 Å². The molecular formula is C15H24N4OS. The van der Waals surface area contributed by atoms with Crippen LogP contribution < -0.4 is 5.32 Å². The van der Waals surface area contributed by atoms with Crippen molar-refractivity contribution in [1.29, 1.82) is 0 Å². The molecule has 0 saturated heterocycles. The Morgan fingerprint density at radius 2 is 2.19 bits per heavy atom. The normalized spacial score (nSPS) is 12.8. The van der Waals surface area contributed by atoms with Gasteiger partial charge in [-0.15, -0.1) is 11.3 Å². The van der Waals surface area contributed by atoms with E-state index in [0.29, 0.717) is 6.61 Å². The highest BCUT2D eigenvalue weighted by molar-refractivity contribution is 7.11. The minimum Gasteiger partial charge on any atom is -0.383 e. The number of thiazole rings is 1. The van der Waals surface area contributed by atoms with Gasteiger partial charge in [-0.2, -0.15) is 5.10 Å². The van der Waals surface area contributed by atoms with Crippen LogP contribution in [0.3, 0.4) is 0 Å². The summed E-state index contributed by atoms with van der Waals surface area (Å²) in [5, 5.41) is 9.11. The van der Waals surface area contributed by atoms with Gasteiger partial charge in [0.15, 0.2) is 0 Å². The molecular weight excluding hydrogens is 284 g/mol. The summed E-state index contributed by atoms with van der Waals surface area (Å²) in [5.74, 6) is 0. The Labute approximate surface area is 130 Å². The van der Waals surface area contributed by atoms with Gasteiger partial charge in [-0.3, -0.25) is 4.68 Å². The van der Waals surface area contributed by atoms with Crippen molar-refractivity contribution in [2.75, 3.05) is 20.3 Å². The SMILES string of the molecule is CCc1nc(C(NCCOC)c2cn(C)nc2C)sc1C. The Balaban J connectivity index is 2.32. The van der Waals surface area contributed by atoms with Crippen LogP contribution in [0.5, 0.6) is 0 Å². The van der Waals surface area contributed by atoms with Crippen molar-refractivity contribution < 1.29 is 4.74 Å². The highest BCUT2D eigenvalue weighted by atomic mass is 32.1. The highest BCUT2D eigenvalue weighted by Crippen LogP contribution is 2.29. The smallest absolute Gasteiger partial charge is 0.115 e. The molecule has 0 aliphatic carbocycles. The first-order valence-electron chi connectivity index (χ1n) is 7.25. The lowest BCUT2D eigenvalue weighted by Crippen LogP contribution is -2.26. The number of aromatic nitrogens is 3. The minimum absolute atomic E-state index is 0.0813. The lowest BCUT2D eigenvalue weighted by atomic mass is 10.1. The molecule has 0 bridgehead atoms. The van der Waals surface area contributed by atoms with Crippen LogP contribution in [-0.4, -0.2) is 35.0 Å². The van der Waals surface area contributed by atoms with Gasteiger partial charge in [-0.1, -0.05) is 6.92 Å². The number of hydrogen-bond donors (Lipinski definition) is 1. The molecule has 116 valence electrons. The van der Waals surface area contributed by atoms with Crippen LogP contribution in [0.4, 0.5) is 0 Å². The monoisotopic (exact) mass is 308 g/mol. The third-order valence-corrected chi connectivity index (χ3v) is 4.59. The summed E-state index contributed by atoms with van der Waals surface area (Å²) in [6, 6.07) is 0.0813. The molecule has 2 aromatic heterocycles. The second-order valence-corrected chi connectivity index (χ2v) is 6.37. The molecule has 2 heterocycles. The zero-order chi connectivity index (χ0) is 15.4. The van der Waals surface area contributed by atoms with Gasteiger partial charge in [-0.05, 0) is 20.3 Å². The molecule has 21 heavy (non-hydrogen) atoms. The van der Waals surface area contributed by atoms with Crippen LogP contribution in [0.1, 0.15) is 39.8 Å². The Morgan fingerprint density at radius 3 is 2.71 bits per heavy atom. The average Bonchev–Trinajstić information content (AvgIpc) is 2.97. The first-order valence-corrected chi connectivity index (χ1v) is 8.07. The molecule has 0 aromatic carbocycles. The third kappa shape index (κ3) is 3.70. The number of nitrogens with one attached hydrogen (secondary N) is 1. The van der Waals surface area contributed by atoms with E-state index in [1.165, 1.54) is 16.1 Å². The van der Waals surface area contributed by atoms with Crippen LogP contribution >= 0.6 is 11.3 Å². The van der Waals surface area contributed by atoms with E-state index in [0.717, 1.165) is 23.7 Å². The zero-order valence-electron chi connectivity index (χ0n) is 13.4. The molecule has 2 aromatic rings. The predicted molar refractivity (Wildman–Crippen MR) is 85.9 cm³/mol. The molecule has 1 N–H and O–H groups in total. The second-order valence-electron chi connectivity index (χ2n) is 5.13. The van der Waals surface area contributed by atoms with Crippen molar-refractivity contribution in [3.63, 3.8) is 0 Å². The molecule has 0 saturated carbocycles. The number of rotatable bonds is 7. The summed E-state index contributed by atoms with van der Waals surface area (Å²) in [4.78, 5) is 6.11. The molecule has 0 amide bonds. The number of hydrogen-bond acceptors (Lipinski definition) is 5. The fraction of sp³-hybridized carbons (Fsp3) is 0.600. The first kappa shape index (κ1) is 16.1. The Morgan fingerprint density at radius 1 is 1.43 bits per heavy atom. The Bertz CT molecular complexity index is 591. The maximum atomic E-state index is 5.15. The van der Waals surface area contributed by atoms with E-state index in [1.807, 2.05) is 18.7 Å². The summed E-state index contributed by atoms with van der Waals surface area (Å²) in [6.45, 7) is 7.80. The number of aryl methyl sites for hydroxylation is 4. The van der Waals surface area contributed by atoms with Crippen molar-refractivity contribution >= 4 is 11.3 Å². The van der Waals surface area contributed by atoms with Crippen molar-refractivity contribution in [2.24, 2.45) is 7.05 Å². The van der Waals surface area contributed by atoms with Crippen molar-refractivity contribution in [3.8, 4) is 0 Å². The maximum Gasteiger partial charge on any atom is 0.115 e. The largest absolute Gasteiger partial charge is 0.383 e. The minimum atomic E-state index is 0.0813. The fourth-order valence-electron chi connectivity index (χ4n) is 2.44. The van der Waals surface area contributed by atoms with Gasteiger partial charge >= 0.3 is 0 Å². The number of nitrogens with zero attached hydrogens (tertiary/aromatic N) is 3. The summed E-state index contributed by atoms with van der Waals surface area (Å²) >= 11 is 1.77. The molecule has 0 aliphatic heterocycles. The lowest BCUT2D eigenvalue weighted by Gasteiger charge is -2.15. The van der Waals surface area contributed by atoms with Gasteiger partial charge < -0.3 is 10.1 Å². The van der Waals surface area contributed by atoms with Gasteiger partial charge in [0, 0.05) is 37.3 Å². The fourth-order valence-corrected chi connectivity index (χ4v) is 3.54. The Kier molecular flexibility index (Phi) is 5.50. The molecule has 0 radical (unpaired) electrons. The van der Waals surface area contributed by atoms with Crippen molar-refractivity contribution in [1.82, 2.24) is 20.1 Å². The van der Waals surface area contributed by atoms with Gasteiger partial charge in [0.25, 0.3) is 0 Å². The summed E-state index contributed by atoms with van der Waals surface area (Å²) < 4.78 is 7.01. The average molecular weight is 308 g/mol. The van der Waals surface area contributed by atoms with E-state index in [1.54, 1.807) is 18.4 Å². The van der Waals surface area contributed by atoms with Crippen molar-refractivity contribution in [3.05, 3.63) is 33.0 Å². The van der Waals surface area contributed by atoms with E-state index in [2.05, 4.69) is 30.5 Å². The number of ether oxygens (including phenoxy) is 1. The van der Waals surface area contributed by atoms with E-state index in [4.69, 9.17) is 9.72 Å². The van der Waals surface area contributed by atoms with E-state index in [-0.39, 0.29) is 6.04 Å². The predicted octanol–water partition coefficient (Wildman–Crippen LogP) is 2.38. The summed E-state index contributed by atoms with van der Waals surface area (Å²) in [6.07, 6.45) is 3.04. The third-order valence-electron chi connectivity index (χ3n) is 3.51. The van der Waals surface area contributed by atoms with Crippen molar-refractivity contribution in [2.45, 2.75) is 33.2 Å². The summed E-state index contributed by atoms with van der Waals surface area (Å²) in [5.41, 5.74) is 3.42. The van der Waals surface area contributed by atoms with Crippen LogP contribution in [0, 0.1) is 13.8 Å². The highest BCUT2D eigenvalue weighted by Gasteiger charge is 2.22. The van der Waals surface area contributed by atoms with Gasteiger partial charge in [-0.25, -0.2) is 4.98 Å². The molecule has 0 aliphatic rings. The second kappa shape index (κ2) is 7.15. The standard InChI is InChI=1S/C15H24N4OS/c1-6-13-11(3)21-15(17-13)14(16-7-8-20-5)12-9-19(4)18-10(12)2/h9,14,16H,6-8H2,1-5H3. The molecule has 0 spiro atoms. The molecule has 1 atom stereocenters. The van der Waals surface area contributed by atoms with E-state index in [9.17, 15) is 0 Å². The quantitative estimate of drug-likeness (QED) is 0.798. The molecule has 1 unspecified atom stereocenters. The Hall–Kier alpha value is -1.24. The molecule has 5 nitrogen and oxygen atoms in total. The maximum absolute atomic E-state index is 5.15. The first-order chi connectivity index (χ1) is 10.1. The lowest BCUT2D eigenvalue weighted by molar-refractivity contribution is 0.197. The van der Waals surface area contributed by atoms with Crippen LogP contribution in [0.2, 0.25) is 0 Å². The van der Waals surface area contributed by atoms with Crippen LogP contribution in [0.15, 0.2) is 6.20 Å². The van der Waals surface area contributed by atoms with Crippen LogP contribution in [-0.2, 0) is 18.2 Å². The summed E-state index contributed by atoms with van der Waals surface area (Å²) in [7, 11) is 3.67. The zero-order valence-corrected chi connectivity index (χ0v) is 14.3. The molecule has 2 rings (SSSR count). The van der Waals surface area contributed by atoms with E-state index < -0.39 is 0 Å². The number of methoxy groups -OCH3 is 1. The topological polar surface area (TPSA) is 52.0 Å².